The van der Waals surface area contributed by atoms with Crippen molar-refractivity contribution >= 4 is 19.8 Å². The van der Waals surface area contributed by atoms with Crippen LogP contribution in [0.3, 0.4) is 0 Å². The molecule has 0 amide bonds. The highest BCUT2D eigenvalue weighted by atomic mass is 31.2. The maximum atomic E-state index is 11.9. The van der Waals surface area contributed by atoms with E-state index in [9.17, 15) is 14.2 Å². The topological polar surface area (TPSA) is 119 Å². The molecule has 2 N–H and O–H groups in total. The van der Waals surface area contributed by atoms with Crippen molar-refractivity contribution in [3.63, 3.8) is 0 Å². The number of esters is 2. The van der Waals surface area contributed by atoms with Crippen LogP contribution in [0.25, 0.3) is 0 Å². The van der Waals surface area contributed by atoms with Crippen molar-refractivity contribution in [3.8, 4) is 47.4 Å². The Kier molecular flexibility index (Phi) is 18.3. The third-order valence-electron chi connectivity index (χ3n) is 3.95. The van der Waals surface area contributed by atoms with Gasteiger partial charge in [-0.25, -0.2) is 13.9 Å². The molecule has 1 atom stereocenters. The van der Waals surface area contributed by atoms with E-state index >= 15 is 0 Å². The van der Waals surface area contributed by atoms with E-state index in [4.69, 9.17) is 19.3 Å². The van der Waals surface area contributed by atoms with Crippen LogP contribution in [0, 0.1) is 47.4 Å². The summed E-state index contributed by atoms with van der Waals surface area (Å²) in [6.45, 7) is 3.06. The Labute approximate surface area is 196 Å². The number of ether oxygens (including phenoxy) is 2. The third kappa shape index (κ3) is 22.3. The lowest BCUT2D eigenvalue weighted by atomic mass is 10.1. The number of hydrogen-bond donors (Lipinski definition) is 2. The van der Waals surface area contributed by atoms with Crippen molar-refractivity contribution in [1.29, 1.82) is 0 Å². The quantitative estimate of drug-likeness (QED) is 0.0917. The molecule has 0 rings (SSSR count). The molecule has 0 aromatic carbocycles. The summed E-state index contributed by atoms with van der Waals surface area (Å²) in [5.74, 6) is 17.0. The van der Waals surface area contributed by atoms with Crippen LogP contribution in [0.2, 0.25) is 0 Å². The first-order chi connectivity index (χ1) is 15.8. The fraction of sp³-hybridized carbons (Fsp3) is 0.583. The van der Waals surface area contributed by atoms with Gasteiger partial charge in [-0.3, -0.25) is 4.79 Å². The second kappa shape index (κ2) is 19.9. The van der Waals surface area contributed by atoms with E-state index in [1.807, 2.05) is 5.92 Å². The number of phosphoric ester groups is 1. The fourth-order valence-corrected chi connectivity index (χ4v) is 2.88. The van der Waals surface area contributed by atoms with Crippen LogP contribution in [0.5, 0.6) is 0 Å². The molecule has 0 fully saturated rings. The maximum absolute atomic E-state index is 11.9. The van der Waals surface area contributed by atoms with Gasteiger partial charge in [-0.05, 0) is 48.9 Å². The van der Waals surface area contributed by atoms with Crippen LogP contribution in [-0.2, 0) is 28.2 Å². The van der Waals surface area contributed by atoms with Crippen LogP contribution >= 0.6 is 7.82 Å². The number of carbonyl (C=O) groups excluding carboxylic acids is 2. The van der Waals surface area contributed by atoms with Gasteiger partial charge in [0.05, 0.1) is 0 Å². The summed E-state index contributed by atoms with van der Waals surface area (Å²) >= 11 is 0. The number of rotatable bonds is 15. The molecule has 8 nitrogen and oxygen atoms in total. The van der Waals surface area contributed by atoms with E-state index in [0.717, 1.165) is 19.3 Å². The summed E-state index contributed by atoms with van der Waals surface area (Å²) in [7, 11) is -4.98. The van der Waals surface area contributed by atoms with Gasteiger partial charge in [0.2, 0.25) is 6.29 Å². The Morgan fingerprint density at radius 1 is 0.848 bits per heavy atom. The molecule has 180 valence electrons. The molecule has 0 radical (unpaired) electrons. The smallest absolute Gasteiger partial charge is 0.449 e. The number of unbranched alkanes of at least 4 members (excludes halogenated alkanes) is 8. The molecule has 9 heteroatoms. The molecule has 0 aliphatic carbocycles. The molecule has 0 heterocycles. The van der Waals surface area contributed by atoms with Crippen molar-refractivity contribution in [2.24, 2.45) is 0 Å². The summed E-state index contributed by atoms with van der Waals surface area (Å²) in [6.07, 6.45) is 7.92. The van der Waals surface area contributed by atoms with E-state index in [1.165, 1.54) is 32.1 Å². The van der Waals surface area contributed by atoms with Gasteiger partial charge in [0.15, 0.2) is 6.61 Å². The first-order valence-corrected chi connectivity index (χ1v) is 12.3. The minimum Gasteiger partial charge on any atom is -0.449 e. The molecule has 0 aliphatic rings. The van der Waals surface area contributed by atoms with Crippen molar-refractivity contribution in [2.75, 3.05) is 6.61 Å². The molecule has 0 saturated carbocycles. The summed E-state index contributed by atoms with van der Waals surface area (Å²) < 4.78 is 25.1. The second-order valence-corrected chi connectivity index (χ2v) is 8.01. The molecule has 0 aromatic rings. The van der Waals surface area contributed by atoms with E-state index in [2.05, 4.69) is 52.9 Å². The molecule has 0 aromatic heterocycles. The molecular formula is C24H31O8P. The lowest BCUT2D eigenvalue weighted by Crippen LogP contribution is -2.27. The van der Waals surface area contributed by atoms with E-state index in [1.54, 1.807) is 6.92 Å². The molecule has 0 saturated heterocycles. The van der Waals surface area contributed by atoms with Crippen molar-refractivity contribution in [2.45, 2.75) is 84.3 Å². The zero-order valence-corrected chi connectivity index (χ0v) is 20.0. The van der Waals surface area contributed by atoms with Crippen LogP contribution in [-0.4, -0.2) is 34.6 Å². The Morgan fingerprint density at radius 2 is 1.39 bits per heavy atom. The van der Waals surface area contributed by atoms with Crippen molar-refractivity contribution in [3.05, 3.63) is 0 Å². The normalized spacial score (nSPS) is 10.5. The zero-order valence-electron chi connectivity index (χ0n) is 19.1. The predicted molar refractivity (Wildman–Crippen MR) is 123 cm³/mol. The summed E-state index contributed by atoms with van der Waals surface area (Å²) in [4.78, 5) is 41.5. The minimum atomic E-state index is -4.98. The van der Waals surface area contributed by atoms with Crippen molar-refractivity contribution in [1.82, 2.24) is 0 Å². The highest BCUT2D eigenvalue weighted by Crippen LogP contribution is 2.38. The SMILES string of the molecule is CC#CC#CC#CC#CC(=O)OC[C@H](OC(=O)CCCCCCCCCCC)OP(=O)(O)O. The first kappa shape index (κ1) is 30.3. The maximum Gasteiger partial charge on any atom is 0.472 e. The van der Waals surface area contributed by atoms with Gasteiger partial charge in [0, 0.05) is 12.3 Å². The highest BCUT2D eigenvalue weighted by Gasteiger charge is 2.26. The standard InChI is InChI=1S/C24H31O8P/c1-3-5-7-9-11-12-14-16-18-20-23(26)31-24(32-33(27,28)29)21-30-22(25)19-17-15-13-10-8-6-4-2/h24H,3,5,7,9,11-12,14,16,18,20-21H2,1-2H3,(H2,27,28,29)/t24-/m1/s1. The van der Waals surface area contributed by atoms with Gasteiger partial charge in [-0.15, -0.1) is 0 Å². The van der Waals surface area contributed by atoms with Crippen LogP contribution in [0.1, 0.15) is 78.1 Å². The van der Waals surface area contributed by atoms with Gasteiger partial charge >= 0.3 is 19.8 Å². The summed E-state index contributed by atoms with van der Waals surface area (Å²) in [5, 5.41) is 0. The van der Waals surface area contributed by atoms with Gasteiger partial charge in [-0.1, -0.05) is 64.2 Å². The highest BCUT2D eigenvalue weighted by molar-refractivity contribution is 7.46. The van der Waals surface area contributed by atoms with E-state index in [-0.39, 0.29) is 6.42 Å². The molecule has 0 unspecified atom stereocenters. The molecule has 0 aliphatic heterocycles. The Hall–Kier alpha value is -2.71. The van der Waals surface area contributed by atoms with Gasteiger partial charge in [0.1, 0.15) is 0 Å². The first-order valence-electron chi connectivity index (χ1n) is 10.8. The average Bonchev–Trinajstić information content (AvgIpc) is 2.74. The van der Waals surface area contributed by atoms with Gasteiger partial charge < -0.3 is 19.3 Å². The van der Waals surface area contributed by atoms with Crippen LogP contribution < -0.4 is 0 Å². The Balaban J connectivity index is 4.39. The van der Waals surface area contributed by atoms with E-state index < -0.39 is 32.7 Å². The van der Waals surface area contributed by atoms with Crippen molar-refractivity contribution < 1.29 is 37.9 Å². The Morgan fingerprint density at radius 3 is 1.97 bits per heavy atom. The minimum absolute atomic E-state index is 0.0592. The average molecular weight is 478 g/mol. The molecule has 0 spiro atoms. The number of phosphoric acid groups is 1. The second-order valence-electron chi connectivity index (χ2n) is 6.82. The van der Waals surface area contributed by atoms with Crippen LogP contribution in [0.4, 0.5) is 0 Å². The predicted octanol–water partition coefficient (Wildman–Crippen LogP) is 3.46. The summed E-state index contributed by atoms with van der Waals surface area (Å²) in [6, 6.07) is 0. The monoisotopic (exact) mass is 478 g/mol. The van der Waals surface area contributed by atoms with E-state index in [0.29, 0.717) is 6.42 Å². The van der Waals surface area contributed by atoms with Gasteiger partial charge in [0.25, 0.3) is 0 Å². The Bertz CT molecular complexity index is 890. The van der Waals surface area contributed by atoms with Crippen LogP contribution in [0.15, 0.2) is 0 Å². The number of carbonyl (C=O) groups is 2. The lowest BCUT2D eigenvalue weighted by Gasteiger charge is -2.18. The summed E-state index contributed by atoms with van der Waals surface area (Å²) in [5.41, 5.74) is 0. The fourth-order valence-electron chi connectivity index (χ4n) is 2.47. The number of hydrogen-bond acceptors (Lipinski definition) is 6. The lowest BCUT2D eigenvalue weighted by molar-refractivity contribution is -0.177. The molecule has 0 bridgehead atoms. The molecular weight excluding hydrogens is 447 g/mol. The third-order valence-corrected chi connectivity index (χ3v) is 4.46. The van der Waals surface area contributed by atoms with Gasteiger partial charge in [-0.2, -0.15) is 0 Å². The largest absolute Gasteiger partial charge is 0.472 e. The molecule has 33 heavy (non-hydrogen) atoms. The zero-order chi connectivity index (χ0) is 24.8.